The molecule has 158 valence electrons. The molecule has 3 rings (SSSR count). The number of ether oxygens (including phenoxy) is 2. The third kappa shape index (κ3) is 5.83. The number of carbonyl (C=O) groups is 1. The van der Waals surface area contributed by atoms with Crippen molar-refractivity contribution in [2.75, 3.05) is 26.3 Å². The first-order valence-corrected chi connectivity index (χ1v) is 10.5. The van der Waals surface area contributed by atoms with E-state index in [1.54, 1.807) is 0 Å². The number of hydrogen-bond donors (Lipinski definition) is 1. The molecule has 0 spiro atoms. The monoisotopic (exact) mass is 405 g/mol. The lowest BCUT2D eigenvalue weighted by atomic mass is 9.90. The highest BCUT2D eigenvalue weighted by atomic mass is 16.7. The van der Waals surface area contributed by atoms with Crippen molar-refractivity contribution in [2.24, 2.45) is 5.41 Å². The van der Waals surface area contributed by atoms with Gasteiger partial charge in [-0.15, -0.1) is 6.58 Å². The third-order valence-corrected chi connectivity index (χ3v) is 5.30. The van der Waals surface area contributed by atoms with Gasteiger partial charge in [0.05, 0.1) is 6.61 Å². The summed E-state index contributed by atoms with van der Waals surface area (Å²) in [6.07, 6.45) is 2.77. The molecule has 0 radical (unpaired) electrons. The van der Waals surface area contributed by atoms with E-state index in [2.05, 4.69) is 56.1 Å². The van der Waals surface area contributed by atoms with Crippen molar-refractivity contribution in [1.29, 1.82) is 0 Å². The van der Waals surface area contributed by atoms with Crippen molar-refractivity contribution in [3.05, 3.63) is 72.8 Å². The summed E-state index contributed by atoms with van der Waals surface area (Å²) >= 11 is 0. The van der Waals surface area contributed by atoms with E-state index in [4.69, 9.17) is 9.47 Å². The smallest absolute Gasteiger partial charge is 0.434 e. The van der Waals surface area contributed by atoms with E-state index in [0.717, 1.165) is 19.5 Å². The Morgan fingerprint density at radius 3 is 2.30 bits per heavy atom. The molecule has 4 nitrogen and oxygen atoms in total. The Morgan fingerprint density at radius 1 is 1.03 bits per heavy atom. The lowest BCUT2D eigenvalue weighted by Gasteiger charge is -2.23. The fourth-order valence-corrected chi connectivity index (χ4v) is 3.61. The first-order chi connectivity index (χ1) is 14.5. The van der Waals surface area contributed by atoms with Gasteiger partial charge in [-0.05, 0) is 46.1 Å². The van der Waals surface area contributed by atoms with E-state index in [1.807, 2.05) is 30.3 Å². The van der Waals surface area contributed by atoms with Crippen LogP contribution in [-0.2, 0) is 15.9 Å². The van der Waals surface area contributed by atoms with Crippen molar-refractivity contribution in [3.8, 4) is 0 Å². The number of rotatable bonds is 10. The maximum atomic E-state index is 12.1. The minimum absolute atomic E-state index is 0.112. The first-order valence-electron chi connectivity index (χ1n) is 10.5. The molecule has 0 aromatic heterocycles. The van der Waals surface area contributed by atoms with Gasteiger partial charge in [0.1, 0.15) is 6.61 Å². The van der Waals surface area contributed by atoms with Gasteiger partial charge in [-0.1, -0.05) is 68.5 Å². The van der Waals surface area contributed by atoms with Crippen molar-refractivity contribution in [2.45, 2.75) is 26.7 Å². The zero-order chi connectivity index (χ0) is 21.4. The van der Waals surface area contributed by atoms with Crippen LogP contribution in [0.1, 0.15) is 25.8 Å². The van der Waals surface area contributed by atoms with Crippen LogP contribution in [-0.4, -0.2) is 32.5 Å². The molecule has 1 N–H and O–H groups in total. The molecule has 0 saturated carbocycles. The molecule has 0 aliphatic heterocycles. The van der Waals surface area contributed by atoms with Gasteiger partial charge < -0.3 is 14.8 Å². The van der Waals surface area contributed by atoms with Crippen LogP contribution in [0.15, 0.2) is 67.3 Å². The zero-order valence-electron chi connectivity index (χ0n) is 17.9. The predicted molar refractivity (Wildman–Crippen MR) is 124 cm³/mol. The molecule has 30 heavy (non-hydrogen) atoms. The number of benzene rings is 3. The van der Waals surface area contributed by atoms with Gasteiger partial charge in [-0.2, -0.15) is 0 Å². The van der Waals surface area contributed by atoms with E-state index in [9.17, 15) is 4.79 Å². The summed E-state index contributed by atoms with van der Waals surface area (Å²) in [5, 5.41) is 8.05. The van der Waals surface area contributed by atoms with Gasteiger partial charge in [0, 0.05) is 18.4 Å². The summed E-state index contributed by atoms with van der Waals surface area (Å²) in [5.41, 5.74) is 1.09. The minimum Gasteiger partial charge on any atom is -0.434 e. The topological polar surface area (TPSA) is 47.6 Å². The van der Waals surface area contributed by atoms with Gasteiger partial charge in [-0.25, -0.2) is 4.79 Å². The Hall–Kier alpha value is -2.85. The van der Waals surface area contributed by atoms with Crippen molar-refractivity contribution in [1.82, 2.24) is 5.32 Å². The molecular formula is C26H31NO3. The third-order valence-electron chi connectivity index (χ3n) is 5.30. The van der Waals surface area contributed by atoms with Crippen molar-refractivity contribution in [3.63, 3.8) is 0 Å². The number of nitrogens with one attached hydrogen (secondary N) is 1. The maximum Gasteiger partial charge on any atom is 0.508 e. The SMILES string of the molecule is C=CCNCCC(C)(C)COC(=O)OCCc1c2ccccc2cc2ccccc12. The second-order valence-corrected chi connectivity index (χ2v) is 8.34. The number of carbonyl (C=O) groups excluding carboxylic acids is 1. The molecule has 3 aromatic rings. The van der Waals surface area contributed by atoms with Crippen molar-refractivity contribution < 1.29 is 14.3 Å². The average Bonchev–Trinajstić information content (AvgIpc) is 2.75. The molecular weight excluding hydrogens is 374 g/mol. The Balaban J connectivity index is 1.56. The minimum atomic E-state index is -0.605. The van der Waals surface area contributed by atoms with Gasteiger partial charge in [0.25, 0.3) is 0 Å². The van der Waals surface area contributed by atoms with Gasteiger partial charge >= 0.3 is 6.16 Å². The van der Waals surface area contributed by atoms with Gasteiger partial charge in [-0.3, -0.25) is 0 Å². The molecule has 0 saturated heterocycles. The van der Waals surface area contributed by atoms with Crippen LogP contribution in [0.25, 0.3) is 21.5 Å². The average molecular weight is 406 g/mol. The quantitative estimate of drug-likeness (QED) is 0.198. The summed E-state index contributed by atoms with van der Waals surface area (Å²) < 4.78 is 10.8. The van der Waals surface area contributed by atoms with E-state index in [0.29, 0.717) is 13.0 Å². The standard InChI is InChI=1S/C26H31NO3/c1-4-15-27-16-14-26(2,3)19-30-25(28)29-17-13-24-22-11-7-5-9-20(22)18-21-10-6-8-12-23(21)24/h4-12,18,27H,1,13-17,19H2,2-3H3. The van der Waals surface area contributed by atoms with Crippen LogP contribution in [0.4, 0.5) is 4.79 Å². The van der Waals surface area contributed by atoms with E-state index in [1.165, 1.54) is 27.1 Å². The van der Waals surface area contributed by atoms with E-state index < -0.39 is 6.16 Å². The summed E-state index contributed by atoms with van der Waals surface area (Å²) in [4.78, 5) is 12.1. The Morgan fingerprint density at radius 2 is 1.67 bits per heavy atom. The first kappa shape index (κ1) is 21.8. The molecule has 3 aromatic carbocycles. The normalized spacial score (nSPS) is 11.5. The van der Waals surface area contributed by atoms with E-state index in [-0.39, 0.29) is 12.0 Å². The fourth-order valence-electron chi connectivity index (χ4n) is 3.61. The zero-order valence-corrected chi connectivity index (χ0v) is 17.9. The fraction of sp³-hybridized carbons (Fsp3) is 0.346. The number of fused-ring (bicyclic) bond motifs is 2. The highest BCUT2D eigenvalue weighted by Gasteiger charge is 2.20. The lowest BCUT2D eigenvalue weighted by molar-refractivity contribution is 0.0284. The molecule has 0 bridgehead atoms. The van der Waals surface area contributed by atoms with Crippen LogP contribution in [0.3, 0.4) is 0 Å². The second kappa shape index (κ2) is 10.3. The largest absolute Gasteiger partial charge is 0.508 e. The summed E-state index contributed by atoms with van der Waals surface area (Å²) in [6, 6.07) is 18.9. The summed E-state index contributed by atoms with van der Waals surface area (Å²) in [7, 11) is 0. The van der Waals surface area contributed by atoms with E-state index >= 15 is 0 Å². The highest BCUT2D eigenvalue weighted by molar-refractivity contribution is 6.02. The van der Waals surface area contributed by atoms with Gasteiger partial charge in [0.15, 0.2) is 0 Å². The van der Waals surface area contributed by atoms with Crippen LogP contribution in [0.5, 0.6) is 0 Å². The van der Waals surface area contributed by atoms with Crippen LogP contribution in [0.2, 0.25) is 0 Å². The molecule has 0 aliphatic rings. The lowest BCUT2D eigenvalue weighted by Crippen LogP contribution is -2.27. The molecule has 0 aliphatic carbocycles. The summed E-state index contributed by atoms with van der Waals surface area (Å²) in [5.74, 6) is 0. The molecule has 0 unspecified atom stereocenters. The molecule has 0 amide bonds. The number of hydrogen-bond acceptors (Lipinski definition) is 4. The Labute approximate surface area is 178 Å². The highest BCUT2D eigenvalue weighted by Crippen LogP contribution is 2.29. The molecule has 0 fully saturated rings. The van der Waals surface area contributed by atoms with Crippen LogP contribution < -0.4 is 5.32 Å². The maximum absolute atomic E-state index is 12.1. The second-order valence-electron chi connectivity index (χ2n) is 8.34. The Kier molecular flexibility index (Phi) is 7.47. The molecule has 0 atom stereocenters. The predicted octanol–water partition coefficient (Wildman–Crippen LogP) is 5.88. The van der Waals surface area contributed by atoms with Crippen LogP contribution >= 0.6 is 0 Å². The van der Waals surface area contributed by atoms with Crippen LogP contribution in [0, 0.1) is 5.41 Å². The summed E-state index contributed by atoms with van der Waals surface area (Å²) in [6.45, 7) is 10.1. The molecule has 4 heteroatoms. The molecule has 0 heterocycles. The Bertz CT molecular complexity index is 956. The van der Waals surface area contributed by atoms with Crippen molar-refractivity contribution >= 4 is 27.7 Å². The van der Waals surface area contributed by atoms with Gasteiger partial charge in [0.2, 0.25) is 0 Å².